The van der Waals surface area contributed by atoms with Crippen LogP contribution in [0.3, 0.4) is 0 Å². The highest BCUT2D eigenvalue weighted by atomic mass is 16.5. The van der Waals surface area contributed by atoms with Gasteiger partial charge in [-0.1, -0.05) is 36.4 Å². The number of ether oxygens (including phenoxy) is 1. The summed E-state index contributed by atoms with van der Waals surface area (Å²) in [6.45, 7) is 3.94. The van der Waals surface area contributed by atoms with Crippen molar-refractivity contribution in [2.75, 3.05) is 0 Å². The first kappa shape index (κ1) is 14.7. The summed E-state index contributed by atoms with van der Waals surface area (Å²) in [4.78, 5) is 19.2. The topological polar surface area (TPSA) is 42.4 Å². The lowest BCUT2D eigenvalue weighted by Crippen LogP contribution is -2.46. The number of fused-ring (bicyclic) bond motifs is 3. The van der Waals surface area contributed by atoms with Crippen LogP contribution in [0.4, 0.5) is 0 Å². The summed E-state index contributed by atoms with van der Waals surface area (Å²) < 4.78 is 6.11. The third-order valence-electron chi connectivity index (χ3n) is 4.56. The van der Waals surface area contributed by atoms with Gasteiger partial charge in [0, 0.05) is 22.7 Å². The minimum atomic E-state index is -0.354. The highest BCUT2D eigenvalue weighted by molar-refractivity contribution is 5.95. The second-order valence-electron chi connectivity index (χ2n) is 6.03. The van der Waals surface area contributed by atoms with Gasteiger partial charge in [0.05, 0.1) is 6.04 Å². The molecular formula is C20H18N2O2. The van der Waals surface area contributed by atoms with Crippen molar-refractivity contribution in [3.05, 3.63) is 71.9 Å². The molecule has 1 amide bonds. The van der Waals surface area contributed by atoms with Gasteiger partial charge in [0.25, 0.3) is 5.91 Å². The zero-order valence-corrected chi connectivity index (χ0v) is 13.6. The van der Waals surface area contributed by atoms with Crippen molar-refractivity contribution in [1.29, 1.82) is 0 Å². The quantitative estimate of drug-likeness (QED) is 0.676. The Bertz CT molecular complexity index is 908. The molecule has 2 heterocycles. The second kappa shape index (κ2) is 5.64. The first-order valence-electron chi connectivity index (χ1n) is 8.09. The second-order valence-corrected chi connectivity index (χ2v) is 6.03. The lowest BCUT2D eigenvalue weighted by atomic mass is 9.99. The van der Waals surface area contributed by atoms with E-state index in [1.807, 2.05) is 68.4 Å². The van der Waals surface area contributed by atoms with Crippen LogP contribution in [0.25, 0.3) is 10.9 Å². The SMILES string of the molecule is C[C@@H]1c2ccc3cccnc3c2O[C@H](C)N1C(=O)c1ccccc1. The average Bonchev–Trinajstić information content (AvgIpc) is 2.62. The highest BCUT2D eigenvalue weighted by Gasteiger charge is 2.35. The molecular weight excluding hydrogens is 300 g/mol. The van der Waals surface area contributed by atoms with Crippen LogP contribution in [0.1, 0.15) is 35.8 Å². The number of pyridine rings is 1. The summed E-state index contributed by atoms with van der Waals surface area (Å²) in [7, 11) is 0. The molecule has 0 saturated carbocycles. The Kier molecular flexibility index (Phi) is 3.45. The van der Waals surface area contributed by atoms with Crippen LogP contribution in [-0.4, -0.2) is 22.0 Å². The van der Waals surface area contributed by atoms with E-state index in [4.69, 9.17) is 4.74 Å². The van der Waals surface area contributed by atoms with Crippen molar-refractivity contribution >= 4 is 16.8 Å². The predicted molar refractivity (Wildman–Crippen MR) is 92.9 cm³/mol. The van der Waals surface area contributed by atoms with Crippen molar-refractivity contribution in [3.8, 4) is 5.75 Å². The number of hydrogen-bond donors (Lipinski definition) is 0. The number of carbonyl (C=O) groups excluding carboxylic acids is 1. The monoisotopic (exact) mass is 318 g/mol. The molecule has 0 fully saturated rings. The summed E-state index contributed by atoms with van der Waals surface area (Å²) in [5, 5.41) is 1.04. The maximum Gasteiger partial charge on any atom is 0.257 e. The average molecular weight is 318 g/mol. The molecule has 4 rings (SSSR count). The Hall–Kier alpha value is -2.88. The molecule has 4 heteroatoms. The molecule has 0 aliphatic carbocycles. The van der Waals surface area contributed by atoms with E-state index in [-0.39, 0.29) is 18.2 Å². The van der Waals surface area contributed by atoms with E-state index in [2.05, 4.69) is 4.98 Å². The molecule has 0 N–H and O–H groups in total. The van der Waals surface area contributed by atoms with Crippen LogP contribution in [0.2, 0.25) is 0 Å². The van der Waals surface area contributed by atoms with E-state index >= 15 is 0 Å². The third-order valence-corrected chi connectivity index (χ3v) is 4.56. The molecule has 1 aliphatic rings. The lowest BCUT2D eigenvalue weighted by Gasteiger charge is -2.40. The molecule has 0 radical (unpaired) electrons. The van der Waals surface area contributed by atoms with E-state index in [0.29, 0.717) is 5.56 Å². The number of aromatic nitrogens is 1. The summed E-state index contributed by atoms with van der Waals surface area (Å²) in [5.74, 6) is 0.757. The van der Waals surface area contributed by atoms with Crippen molar-refractivity contribution in [1.82, 2.24) is 9.88 Å². The Labute approximate surface area is 140 Å². The van der Waals surface area contributed by atoms with Gasteiger partial charge in [-0.05, 0) is 32.0 Å². The minimum absolute atomic E-state index is 0.0256. The van der Waals surface area contributed by atoms with Gasteiger partial charge >= 0.3 is 0 Å². The summed E-state index contributed by atoms with van der Waals surface area (Å²) in [6.07, 6.45) is 1.41. The van der Waals surface area contributed by atoms with Gasteiger partial charge < -0.3 is 4.74 Å². The fourth-order valence-corrected chi connectivity index (χ4v) is 3.35. The van der Waals surface area contributed by atoms with Crippen molar-refractivity contribution < 1.29 is 9.53 Å². The zero-order valence-electron chi connectivity index (χ0n) is 13.6. The standard InChI is InChI=1S/C20H18N2O2/c1-13-17-11-10-15-9-6-12-21-18(15)19(17)24-14(2)22(13)20(23)16-7-4-3-5-8-16/h3-14H,1-2H3/t13-,14-/m1/s1. The maximum absolute atomic E-state index is 12.9. The van der Waals surface area contributed by atoms with Gasteiger partial charge in [-0.2, -0.15) is 0 Å². The highest BCUT2D eigenvalue weighted by Crippen LogP contribution is 2.40. The Morgan fingerprint density at radius 1 is 1.04 bits per heavy atom. The van der Waals surface area contributed by atoms with Gasteiger partial charge in [0.1, 0.15) is 5.52 Å². The smallest absolute Gasteiger partial charge is 0.257 e. The third kappa shape index (κ3) is 2.22. The first-order valence-corrected chi connectivity index (χ1v) is 8.09. The van der Waals surface area contributed by atoms with Crippen LogP contribution in [-0.2, 0) is 0 Å². The van der Waals surface area contributed by atoms with Gasteiger partial charge in [-0.15, -0.1) is 0 Å². The van der Waals surface area contributed by atoms with E-state index < -0.39 is 0 Å². The van der Waals surface area contributed by atoms with Crippen LogP contribution >= 0.6 is 0 Å². The van der Waals surface area contributed by atoms with E-state index in [0.717, 1.165) is 22.2 Å². The summed E-state index contributed by atoms with van der Waals surface area (Å²) in [5.41, 5.74) is 2.51. The number of hydrogen-bond acceptors (Lipinski definition) is 3. The first-order chi connectivity index (χ1) is 11.7. The normalized spacial score (nSPS) is 19.7. The molecule has 1 aromatic heterocycles. The largest absolute Gasteiger partial charge is 0.468 e. The van der Waals surface area contributed by atoms with Crippen molar-refractivity contribution in [3.63, 3.8) is 0 Å². The summed E-state index contributed by atoms with van der Waals surface area (Å²) >= 11 is 0. The zero-order chi connectivity index (χ0) is 16.7. The van der Waals surface area contributed by atoms with Gasteiger partial charge in [-0.25, -0.2) is 0 Å². The molecule has 4 nitrogen and oxygen atoms in total. The minimum Gasteiger partial charge on any atom is -0.468 e. The molecule has 120 valence electrons. The number of carbonyl (C=O) groups is 1. The molecule has 0 spiro atoms. The lowest BCUT2D eigenvalue weighted by molar-refractivity contribution is -0.000748. The molecule has 2 atom stereocenters. The van der Waals surface area contributed by atoms with Crippen molar-refractivity contribution in [2.24, 2.45) is 0 Å². The number of amides is 1. The van der Waals surface area contributed by atoms with Gasteiger partial charge in [0.2, 0.25) is 0 Å². The number of benzene rings is 2. The van der Waals surface area contributed by atoms with Gasteiger partial charge in [0.15, 0.2) is 12.0 Å². The fourth-order valence-electron chi connectivity index (χ4n) is 3.35. The molecule has 3 aromatic rings. The van der Waals surface area contributed by atoms with Crippen LogP contribution in [0, 0.1) is 0 Å². The molecule has 1 aliphatic heterocycles. The van der Waals surface area contributed by atoms with E-state index in [1.165, 1.54) is 0 Å². The molecule has 24 heavy (non-hydrogen) atoms. The summed E-state index contributed by atoms with van der Waals surface area (Å²) in [6, 6.07) is 17.2. The predicted octanol–water partition coefficient (Wildman–Crippen LogP) is 4.18. The molecule has 0 saturated heterocycles. The van der Waals surface area contributed by atoms with Crippen LogP contribution in [0.5, 0.6) is 5.75 Å². The Morgan fingerprint density at radius 2 is 1.83 bits per heavy atom. The molecule has 0 unspecified atom stereocenters. The maximum atomic E-state index is 12.9. The Balaban J connectivity index is 1.79. The van der Waals surface area contributed by atoms with Crippen LogP contribution in [0.15, 0.2) is 60.8 Å². The van der Waals surface area contributed by atoms with Crippen molar-refractivity contribution in [2.45, 2.75) is 26.1 Å². The van der Waals surface area contributed by atoms with E-state index in [1.54, 1.807) is 11.1 Å². The van der Waals surface area contributed by atoms with E-state index in [9.17, 15) is 4.79 Å². The van der Waals surface area contributed by atoms with Crippen LogP contribution < -0.4 is 4.74 Å². The molecule has 0 bridgehead atoms. The molecule has 2 aromatic carbocycles. The Morgan fingerprint density at radius 3 is 2.62 bits per heavy atom. The number of rotatable bonds is 1. The fraction of sp³-hybridized carbons (Fsp3) is 0.200. The van der Waals surface area contributed by atoms with Gasteiger partial charge in [-0.3, -0.25) is 14.7 Å². The number of nitrogens with zero attached hydrogens (tertiary/aromatic N) is 2.